The summed E-state index contributed by atoms with van der Waals surface area (Å²) in [7, 11) is 1.63. The highest BCUT2D eigenvalue weighted by Gasteiger charge is 2.17. The first-order valence-corrected chi connectivity index (χ1v) is 7.40. The second kappa shape index (κ2) is 6.37. The molecule has 3 nitrogen and oxygen atoms in total. The molecular formula is C14H17ClN2OS. The lowest BCUT2D eigenvalue weighted by atomic mass is 10.0. The molecule has 0 spiro atoms. The molecule has 0 aliphatic carbocycles. The van der Waals surface area contributed by atoms with Crippen LogP contribution < -0.4 is 10.1 Å². The smallest absolute Gasteiger partial charge is 0.137 e. The summed E-state index contributed by atoms with van der Waals surface area (Å²) in [5.74, 6) is 0.689. The highest BCUT2D eigenvalue weighted by atomic mass is 35.5. The van der Waals surface area contributed by atoms with Gasteiger partial charge in [0.25, 0.3) is 0 Å². The number of aromatic nitrogens is 1. The molecule has 2 aromatic rings. The van der Waals surface area contributed by atoms with Gasteiger partial charge in [-0.3, -0.25) is 0 Å². The van der Waals surface area contributed by atoms with Crippen LogP contribution in [0.25, 0.3) is 0 Å². The van der Waals surface area contributed by atoms with Gasteiger partial charge < -0.3 is 10.1 Å². The number of methoxy groups -OCH3 is 1. The number of rotatable bonds is 5. The molecule has 0 aliphatic heterocycles. The molecule has 0 aliphatic rings. The molecule has 0 radical (unpaired) electrons. The number of nitrogens with zero attached hydrogens (tertiary/aromatic N) is 1. The molecule has 1 aromatic heterocycles. The van der Waals surface area contributed by atoms with E-state index in [4.69, 9.17) is 16.3 Å². The van der Waals surface area contributed by atoms with Crippen molar-refractivity contribution in [1.29, 1.82) is 0 Å². The van der Waals surface area contributed by atoms with E-state index in [1.54, 1.807) is 18.4 Å². The Morgan fingerprint density at radius 3 is 2.84 bits per heavy atom. The summed E-state index contributed by atoms with van der Waals surface area (Å²) in [6.45, 7) is 4.96. The normalized spacial score (nSPS) is 12.4. The summed E-state index contributed by atoms with van der Waals surface area (Å²) >= 11 is 7.73. The second-order valence-corrected chi connectivity index (χ2v) is 5.65. The molecule has 0 saturated carbocycles. The molecule has 1 N–H and O–H groups in total. The lowest BCUT2D eigenvalue weighted by Gasteiger charge is -2.17. The van der Waals surface area contributed by atoms with Gasteiger partial charge in [-0.25, -0.2) is 4.98 Å². The molecule has 0 bridgehead atoms. The van der Waals surface area contributed by atoms with Crippen molar-refractivity contribution >= 4 is 22.9 Å². The van der Waals surface area contributed by atoms with Gasteiger partial charge in [0.15, 0.2) is 0 Å². The zero-order valence-corrected chi connectivity index (χ0v) is 12.8. The first-order valence-electron chi connectivity index (χ1n) is 6.14. The van der Waals surface area contributed by atoms with E-state index in [1.165, 1.54) is 0 Å². The van der Waals surface area contributed by atoms with Crippen LogP contribution in [-0.2, 0) is 0 Å². The van der Waals surface area contributed by atoms with Crippen LogP contribution in [-0.4, -0.2) is 18.6 Å². The fourth-order valence-electron chi connectivity index (χ4n) is 1.97. The predicted molar refractivity (Wildman–Crippen MR) is 80.4 cm³/mol. The number of nitrogens with one attached hydrogen (secondary N) is 1. The average molecular weight is 297 g/mol. The second-order valence-electron chi connectivity index (χ2n) is 4.18. The Balaban J connectivity index is 2.38. The summed E-state index contributed by atoms with van der Waals surface area (Å²) in [5, 5.41) is 7.22. The van der Waals surface area contributed by atoms with Gasteiger partial charge in [-0.2, -0.15) is 0 Å². The van der Waals surface area contributed by atoms with E-state index in [-0.39, 0.29) is 6.04 Å². The molecular weight excluding hydrogens is 280 g/mol. The van der Waals surface area contributed by atoms with Crippen LogP contribution in [0.4, 0.5) is 0 Å². The Morgan fingerprint density at radius 1 is 1.47 bits per heavy atom. The maximum atomic E-state index is 6.07. The Labute approximate surface area is 122 Å². The van der Waals surface area contributed by atoms with E-state index in [2.05, 4.69) is 22.6 Å². The van der Waals surface area contributed by atoms with Crippen molar-refractivity contribution in [1.82, 2.24) is 10.3 Å². The summed E-state index contributed by atoms with van der Waals surface area (Å²) in [5.41, 5.74) is 2.14. The maximum absolute atomic E-state index is 6.07. The molecule has 1 atom stereocenters. The lowest BCUT2D eigenvalue weighted by Crippen LogP contribution is -2.22. The quantitative estimate of drug-likeness (QED) is 0.911. The first kappa shape index (κ1) is 14.3. The van der Waals surface area contributed by atoms with Gasteiger partial charge in [0.1, 0.15) is 5.75 Å². The van der Waals surface area contributed by atoms with Gasteiger partial charge in [0.05, 0.1) is 28.9 Å². The molecule has 1 aromatic carbocycles. The van der Waals surface area contributed by atoms with Crippen molar-refractivity contribution < 1.29 is 4.74 Å². The van der Waals surface area contributed by atoms with Crippen LogP contribution in [0.5, 0.6) is 5.75 Å². The van der Waals surface area contributed by atoms with Crippen LogP contribution in [0.15, 0.2) is 23.6 Å². The third-order valence-electron chi connectivity index (χ3n) is 2.85. The molecule has 1 heterocycles. The van der Waals surface area contributed by atoms with Crippen molar-refractivity contribution in [2.75, 3.05) is 13.7 Å². The monoisotopic (exact) mass is 296 g/mol. The largest absolute Gasteiger partial charge is 0.495 e. The van der Waals surface area contributed by atoms with Crippen LogP contribution in [0, 0.1) is 6.92 Å². The SMILES string of the molecule is CCNC(c1ccc(Cl)c(OC)c1)c1csc(C)n1. The number of benzene rings is 1. The van der Waals surface area contributed by atoms with Crippen LogP contribution in [0.2, 0.25) is 5.02 Å². The number of hydrogen-bond donors (Lipinski definition) is 1. The maximum Gasteiger partial charge on any atom is 0.137 e. The van der Waals surface area contributed by atoms with E-state index in [0.717, 1.165) is 22.8 Å². The zero-order chi connectivity index (χ0) is 13.8. The molecule has 0 saturated heterocycles. The minimum absolute atomic E-state index is 0.0705. The van der Waals surface area contributed by atoms with Crippen LogP contribution in [0.3, 0.4) is 0 Å². The van der Waals surface area contributed by atoms with E-state index >= 15 is 0 Å². The molecule has 1 unspecified atom stereocenters. The van der Waals surface area contributed by atoms with Crippen molar-refractivity contribution in [2.24, 2.45) is 0 Å². The molecule has 0 amide bonds. The van der Waals surface area contributed by atoms with Crippen molar-refractivity contribution in [3.05, 3.63) is 44.9 Å². The first-order chi connectivity index (χ1) is 9.15. The summed E-state index contributed by atoms with van der Waals surface area (Å²) in [6, 6.07) is 5.90. The van der Waals surface area contributed by atoms with Crippen LogP contribution in [0.1, 0.15) is 29.2 Å². The van der Waals surface area contributed by atoms with Crippen molar-refractivity contribution in [3.63, 3.8) is 0 Å². The molecule has 19 heavy (non-hydrogen) atoms. The van der Waals surface area contributed by atoms with Crippen molar-refractivity contribution in [3.8, 4) is 5.75 Å². The van der Waals surface area contributed by atoms with E-state index in [9.17, 15) is 0 Å². The van der Waals surface area contributed by atoms with Gasteiger partial charge in [-0.05, 0) is 31.2 Å². The summed E-state index contributed by atoms with van der Waals surface area (Å²) in [4.78, 5) is 4.57. The van der Waals surface area contributed by atoms with E-state index < -0.39 is 0 Å². The Kier molecular flexibility index (Phi) is 4.80. The van der Waals surface area contributed by atoms with E-state index in [0.29, 0.717) is 10.8 Å². The van der Waals surface area contributed by atoms with Crippen LogP contribution >= 0.6 is 22.9 Å². The number of thiazole rings is 1. The minimum Gasteiger partial charge on any atom is -0.495 e. The number of hydrogen-bond acceptors (Lipinski definition) is 4. The Morgan fingerprint density at radius 2 is 2.26 bits per heavy atom. The number of halogens is 1. The standard InChI is InChI=1S/C14H17ClN2OS/c1-4-16-14(12-8-19-9(2)17-12)10-5-6-11(15)13(7-10)18-3/h5-8,14,16H,4H2,1-3H3. The third-order valence-corrected chi connectivity index (χ3v) is 3.95. The number of aryl methyl sites for hydroxylation is 1. The number of ether oxygens (including phenoxy) is 1. The van der Waals surface area contributed by atoms with Gasteiger partial charge >= 0.3 is 0 Å². The third kappa shape index (κ3) is 3.26. The zero-order valence-electron chi connectivity index (χ0n) is 11.2. The van der Waals surface area contributed by atoms with Gasteiger partial charge in [0, 0.05) is 5.38 Å². The molecule has 2 rings (SSSR count). The van der Waals surface area contributed by atoms with Gasteiger partial charge in [-0.15, -0.1) is 11.3 Å². The Hall–Kier alpha value is -1.10. The minimum atomic E-state index is 0.0705. The lowest BCUT2D eigenvalue weighted by molar-refractivity contribution is 0.414. The highest BCUT2D eigenvalue weighted by Crippen LogP contribution is 2.30. The fourth-order valence-corrected chi connectivity index (χ4v) is 2.80. The van der Waals surface area contributed by atoms with Crippen molar-refractivity contribution in [2.45, 2.75) is 19.9 Å². The highest BCUT2D eigenvalue weighted by molar-refractivity contribution is 7.09. The summed E-state index contributed by atoms with van der Waals surface area (Å²) < 4.78 is 5.28. The molecule has 5 heteroatoms. The summed E-state index contributed by atoms with van der Waals surface area (Å²) in [6.07, 6.45) is 0. The topological polar surface area (TPSA) is 34.1 Å². The van der Waals surface area contributed by atoms with Gasteiger partial charge in [-0.1, -0.05) is 24.6 Å². The molecule has 102 valence electrons. The van der Waals surface area contributed by atoms with Gasteiger partial charge in [0.2, 0.25) is 0 Å². The fraction of sp³-hybridized carbons (Fsp3) is 0.357. The average Bonchev–Trinajstić information content (AvgIpc) is 2.83. The molecule has 0 fully saturated rings. The predicted octanol–water partition coefficient (Wildman–Crippen LogP) is 3.81. The Bertz CT molecular complexity index is 556. The van der Waals surface area contributed by atoms with E-state index in [1.807, 2.05) is 25.1 Å².